The summed E-state index contributed by atoms with van der Waals surface area (Å²) in [6.07, 6.45) is 0.908. The van der Waals surface area contributed by atoms with Crippen LogP contribution in [-0.2, 0) is 0 Å². The van der Waals surface area contributed by atoms with Gasteiger partial charge in [-0.05, 0) is 30.0 Å². The summed E-state index contributed by atoms with van der Waals surface area (Å²) < 4.78 is 25.5. The zero-order chi connectivity index (χ0) is 10.7. The fourth-order valence-electron chi connectivity index (χ4n) is 1.26. The predicted molar refractivity (Wildman–Crippen MR) is 57.5 cm³/mol. The molecule has 0 amide bonds. The zero-order valence-corrected chi connectivity index (χ0v) is 9.81. The molecule has 0 saturated heterocycles. The summed E-state index contributed by atoms with van der Waals surface area (Å²) in [6, 6.07) is 4.02. The molecule has 0 aliphatic carbocycles. The van der Waals surface area contributed by atoms with Gasteiger partial charge in [-0.3, -0.25) is 0 Å². The maximum absolute atomic E-state index is 12.9. The van der Waals surface area contributed by atoms with Gasteiger partial charge in [-0.1, -0.05) is 35.8 Å². The molecule has 14 heavy (non-hydrogen) atoms. The number of benzene rings is 1. The van der Waals surface area contributed by atoms with Crippen LogP contribution in [-0.4, -0.2) is 0 Å². The largest absolute Gasteiger partial charge is 0.204 e. The third-order valence-corrected chi connectivity index (χ3v) is 2.89. The summed E-state index contributed by atoms with van der Waals surface area (Å²) in [5.41, 5.74) is 0.789. The molecule has 1 aromatic carbocycles. The predicted octanol–water partition coefficient (Wildman–Crippen LogP) is 4.45. The summed E-state index contributed by atoms with van der Waals surface area (Å²) >= 11 is 3.46. The molecule has 3 heteroatoms. The minimum Gasteiger partial charge on any atom is -0.204 e. The van der Waals surface area contributed by atoms with Crippen LogP contribution in [0.2, 0.25) is 0 Å². The van der Waals surface area contributed by atoms with Gasteiger partial charge < -0.3 is 0 Å². The third-order valence-electron chi connectivity index (χ3n) is 1.98. The standard InChI is InChI=1S/C11H13BrF2/c1-7(2)5-9(12)8-3-4-10(13)11(14)6-8/h3-4,6-7,9H,5H2,1-2H3. The van der Waals surface area contributed by atoms with E-state index in [1.54, 1.807) is 6.07 Å². The molecular formula is C11H13BrF2. The van der Waals surface area contributed by atoms with Crippen molar-refractivity contribution in [3.63, 3.8) is 0 Å². The van der Waals surface area contributed by atoms with E-state index in [1.807, 2.05) is 0 Å². The molecule has 0 radical (unpaired) electrons. The lowest BCUT2D eigenvalue weighted by molar-refractivity contribution is 0.505. The van der Waals surface area contributed by atoms with Crippen LogP contribution in [0.25, 0.3) is 0 Å². The average Bonchev–Trinajstić information content (AvgIpc) is 2.08. The van der Waals surface area contributed by atoms with Gasteiger partial charge in [-0.25, -0.2) is 8.78 Å². The maximum atomic E-state index is 12.9. The summed E-state index contributed by atoms with van der Waals surface area (Å²) in [7, 11) is 0. The van der Waals surface area contributed by atoms with Gasteiger partial charge in [0.1, 0.15) is 0 Å². The summed E-state index contributed by atoms with van der Waals surface area (Å²) in [5, 5.41) is 0. The van der Waals surface area contributed by atoms with Crippen LogP contribution in [0.15, 0.2) is 18.2 Å². The molecule has 0 aromatic heterocycles. The fraction of sp³-hybridized carbons (Fsp3) is 0.455. The highest BCUT2D eigenvalue weighted by Gasteiger charge is 2.11. The molecule has 1 aromatic rings. The van der Waals surface area contributed by atoms with Gasteiger partial charge in [0.05, 0.1) is 0 Å². The van der Waals surface area contributed by atoms with E-state index in [0.717, 1.165) is 12.0 Å². The monoisotopic (exact) mass is 262 g/mol. The minimum atomic E-state index is -0.794. The van der Waals surface area contributed by atoms with Crippen molar-refractivity contribution in [3.05, 3.63) is 35.4 Å². The number of hydrogen-bond donors (Lipinski definition) is 0. The summed E-state index contributed by atoms with van der Waals surface area (Å²) in [6.45, 7) is 4.18. The average molecular weight is 263 g/mol. The Labute approximate surface area is 91.5 Å². The molecule has 0 N–H and O–H groups in total. The van der Waals surface area contributed by atoms with Crippen molar-refractivity contribution in [1.29, 1.82) is 0 Å². The van der Waals surface area contributed by atoms with Crippen molar-refractivity contribution in [1.82, 2.24) is 0 Å². The van der Waals surface area contributed by atoms with Crippen molar-refractivity contribution < 1.29 is 8.78 Å². The Morgan fingerprint density at radius 1 is 1.21 bits per heavy atom. The van der Waals surface area contributed by atoms with Crippen molar-refractivity contribution >= 4 is 15.9 Å². The van der Waals surface area contributed by atoms with Gasteiger partial charge in [0, 0.05) is 4.83 Å². The summed E-state index contributed by atoms with van der Waals surface area (Å²) in [5.74, 6) is -1.05. The lowest BCUT2D eigenvalue weighted by atomic mass is 10.0. The summed E-state index contributed by atoms with van der Waals surface area (Å²) in [4.78, 5) is 0.0950. The van der Waals surface area contributed by atoms with Crippen LogP contribution in [0.3, 0.4) is 0 Å². The Bertz CT molecular complexity index is 310. The Morgan fingerprint density at radius 3 is 2.36 bits per heavy atom. The minimum absolute atomic E-state index is 0.0950. The van der Waals surface area contributed by atoms with Crippen LogP contribution in [0, 0.1) is 17.6 Å². The van der Waals surface area contributed by atoms with Crippen molar-refractivity contribution in [3.8, 4) is 0 Å². The Kier molecular flexibility index (Phi) is 4.05. The number of alkyl halides is 1. The number of halogens is 3. The molecule has 0 saturated carbocycles. The first-order chi connectivity index (χ1) is 6.50. The van der Waals surface area contributed by atoms with Gasteiger partial charge in [-0.2, -0.15) is 0 Å². The molecule has 0 bridgehead atoms. The number of hydrogen-bond acceptors (Lipinski definition) is 0. The SMILES string of the molecule is CC(C)CC(Br)c1ccc(F)c(F)c1. The molecule has 78 valence electrons. The van der Waals surface area contributed by atoms with E-state index in [0.29, 0.717) is 5.92 Å². The molecule has 0 heterocycles. The van der Waals surface area contributed by atoms with Gasteiger partial charge in [0.25, 0.3) is 0 Å². The van der Waals surface area contributed by atoms with E-state index in [2.05, 4.69) is 29.8 Å². The molecule has 1 unspecified atom stereocenters. The quantitative estimate of drug-likeness (QED) is 0.707. The van der Waals surface area contributed by atoms with E-state index in [-0.39, 0.29) is 4.83 Å². The van der Waals surface area contributed by atoms with Crippen molar-refractivity contribution in [2.45, 2.75) is 25.1 Å². The van der Waals surface area contributed by atoms with Crippen molar-refractivity contribution in [2.75, 3.05) is 0 Å². The molecule has 0 spiro atoms. The third kappa shape index (κ3) is 3.05. The zero-order valence-electron chi connectivity index (χ0n) is 8.23. The van der Waals surface area contributed by atoms with Crippen LogP contribution < -0.4 is 0 Å². The molecular weight excluding hydrogens is 250 g/mol. The van der Waals surface area contributed by atoms with Gasteiger partial charge in [0.15, 0.2) is 11.6 Å². The highest BCUT2D eigenvalue weighted by atomic mass is 79.9. The first-order valence-corrected chi connectivity index (χ1v) is 5.51. The molecule has 0 aliphatic heterocycles. The normalized spacial score (nSPS) is 13.3. The molecule has 1 rings (SSSR count). The Balaban J connectivity index is 2.80. The maximum Gasteiger partial charge on any atom is 0.159 e. The first-order valence-electron chi connectivity index (χ1n) is 4.59. The van der Waals surface area contributed by atoms with E-state index < -0.39 is 11.6 Å². The number of rotatable bonds is 3. The fourth-order valence-corrected chi connectivity index (χ4v) is 2.29. The topological polar surface area (TPSA) is 0 Å². The molecule has 0 aliphatic rings. The van der Waals surface area contributed by atoms with E-state index in [9.17, 15) is 8.78 Å². The molecule has 0 nitrogen and oxygen atoms in total. The van der Waals surface area contributed by atoms with Gasteiger partial charge >= 0.3 is 0 Å². The first kappa shape index (κ1) is 11.6. The van der Waals surface area contributed by atoms with E-state index >= 15 is 0 Å². The van der Waals surface area contributed by atoms with Crippen molar-refractivity contribution in [2.24, 2.45) is 5.92 Å². The second-order valence-corrected chi connectivity index (χ2v) is 4.88. The lowest BCUT2D eigenvalue weighted by Gasteiger charge is -2.12. The van der Waals surface area contributed by atoms with Crippen LogP contribution in [0.4, 0.5) is 8.78 Å². The van der Waals surface area contributed by atoms with Crippen LogP contribution in [0.1, 0.15) is 30.7 Å². The van der Waals surface area contributed by atoms with Crippen LogP contribution in [0.5, 0.6) is 0 Å². The second-order valence-electron chi connectivity index (χ2n) is 3.77. The van der Waals surface area contributed by atoms with Gasteiger partial charge in [0.2, 0.25) is 0 Å². The van der Waals surface area contributed by atoms with E-state index in [4.69, 9.17) is 0 Å². The highest BCUT2D eigenvalue weighted by Crippen LogP contribution is 2.30. The highest BCUT2D eigenvalue weighted by molar-refractivity contribution is 9.09. The van der Waals surface area contributed by atoms with Gasteiger partial charge in [-0.15, -0.1) is 0 Å². The smallest absolute Gasteiger partial charge is 0.159 e. The molecule has 1 atom stereocenters. The second kappa shape index (κ2) is 4.87. The van der Waals surface area contributed by atoms with E-state index in [1.165, 1.54) is 12.1 Å². The lowest BCUT2D eigenvalue weighted by Crippen LogP contribution is -1.97. The Hall–Kier alpha value is -0.440. The molecule has 0 fully saturated rings. The van der Waals surface area contributed by atoms with Crippen LogP contribution >= 0.6 is 15.9 Å². The Morgan fingerprint density at radius 2 is 1.86 bits per heavy atom.